The predicted molar refractivity (Wildman–Crippen MR) is 101 cm³/mol. The smallest absolute Gasteiger partial charge is 0.224 e. The summed E-state index contributed by atoms with van der Waals surface area (Å²) in [5, 5.41) is 3.13. The van der Waals surface area contributed by atoms with Crippen molar-refractivity contribution in [3.63, 3.8) is 0 Å². The van der Waals surface area contributed by atoms with Crippen molar-refractivity contribution in [2.75, 3.05) is 26.2 Å². The molecule has 1 atom stereocenters. The quantitative estimate of drug-likeness (QED) is 0.791. The summed E-state index contributed by atoms with van der Waals surface area (Å²) >= 11 is 0. The summed E-state index contributed by atoms with van der Waals surface area (Å²) in [6.45, 7) is 13.3. The van der Waals surface area contributed by atoms with Gasteiger partial charge < -0.3 is 10.2 Å². The maximum absolute atomic E-state index is 12.2. The fraction of sp³-hybridized carbons (Fsp3) is 0.667. The number of rotatable bonds is 8. The summed E-state index contributed by atoms with van der Waals surface area (Å²) < 4.78 is 0. The number of nitrogens with one attached hydrogen (secondary N) is 1. The second-order valence-corrected chi connectivity index (χ2v) is 8.20. The van der Waals surface area contributed by atoms with Gasteiger partial charge in [0.25, 0.3) is 0 Å². The van der Waals surface area contributed by atoms with Crippen LogP contribution < -0.4 is 5.32 Å². The van der Waals surface area contributed by atoms with E-state index in [1.807, 2.05) is 0 Å². The third kappa shape index (κ3) is 6.64. The summed E-state index contributed by atoms with van der Waals surface area (Å²) in [7, 11) is 0. The van der Waals surface area contributed by atoms with E-state index in [9.17, 15) is 4.79 Å². The molecule has 0 spiro atoms. The van der Waals surface area contributed by atoms with Crippen LogP contribution in [0, 0.1) is 17.8 Å². The van der Waals surface area contributed by atoms with Gasteiger partial charge in [-0.15, -0.1) is 0 Å². The molecule has 1 saturated heterocycles. The fourth-order valence-electron chi connectivity index (χ4n) is 3.53. The molecule has 0 aliphatic carbocycles. The average molecular weight is 331 g/mol. The molecule has 3 nitrogen and oxygen atoms in total. The first-order valence-corrected chi connectivity index (χ1v) is 9.49. The molecule has 1 aliphatic rings. The van der Waals surface area contributed by atoms with Gasteiger partial charge in [-0.05, 0) is 48.3 Å². The molecular formula is C21H34N2O. The minimum Gasteiger partial charge on any atom is -0.355 e. The van der Waals surface area contributed by atoms with Gasteiger partial charge in [0.05, 0.1) is 6.42 Å². The van der Waals surface area contributed by atoms with Gasteiger partial charge in [-0.25, -0.2) is 0 Å². The van der Waals surface area contributed by atoms with E-state index in [1.54, 1.807) is 0 Å². The molecule has 1 aliphatic heterocycles. The monoisotopic (exact) mass is 330 g/mol. The molecule has 0 saturated carbocycles. The normalized spacial score (nSPS) is 18.5. The highest BCUT2D eigenvalue weighted by molar-refractivity contribution is 5.78. The number of likely N-dealkylation sites (tertiary alicyclic amines) is 1. The van der Waals surface area contributed by atoms with Crippen LogP contribution in [0.3, 0.4) is 0 Å². The first-order chi connectivity index (χ1) is 11.4. The molecule has 1 aromatic rings. The van der Waals surface area contributed by atoms with Crippen molar-refractivity contribution < 1.29 is 4.79 Å². The number of hydrogen-bond donors (Lipinski definition) is 1. The largest absolute Gasteiger partial charge is 0.355 e. The molecule has 1 fully saturated rings. The fourth-order valence-corrected chi connectivity index (χ4v) is 3.53. The Bertz CT molecular complexity index is 507. The van der Waals surface area contributed by atoms with Gasteiger partial charge >= 0.3 is 0 Å². The van der Waals surface area contributed by atoms with Crippen molar-refractivity contribution >= 4 is 5.91 Å². The lowest BCUT2D eigenvalue weighted by atomic mass is 10.0. The highest BCUT2D eigenvalue weighted by Gasteiger charge is 2.23. The average Bonchev–Trinajstić information content (AvgIpc) is 2.93. The Hall–Kier alpha value is -1.35. The lowest BCUT2D eigenvalue weighted by molar-refractivity contribution is -0.120. The molecule has 0 aromatic heterocycles. The van der Waals surface area contributed by atoms with Gasteiger partial charge in [0, 0.05) is 19.6 Å². The minimum atomic E-state index is 0.147. The molecule has 24 heavy (non-hydrogen) atoms. The van der Waals surface area contributed by atoms with Crippen LogP contribution in [0.4, 0.5) is 0 Å². The van der Waals surface area contributed by atoms with Crippen LogP contribution in [0.2, 0.25) is 0 Å². The second-order valence-electron chi connectivity index (χ2n) is 8.20. The third-order valence-electron chi connectivity index (χ3n) is 4.61. The highest BCUT2D eigenvalue weighted by Crippen LogP contribution is 2.16. The van der Waals surface area contributed by atoms with Crippen molar-refractivity contribution in [3.05, 3.63) is 35.4 Å². The van der Waals surface area contributed by atoms with Crippen LogP contribution >= 0.6 is 0 Å². The van der Waals surface area contributed by atoms with Crippen LogP contribution in [0.1, 0.15) is 45.2 Å². The van der Waals surface area contributed by atoms with Gasteiger partial charge in [-0.2, -0.15) is 0 Å². The van der Waals surface area contributed by atoms with E-state index in [0.717, 1.165) is 31.0 Å². The van der Waals surface area contributed by atoms with E-state index < -0.39 is 0 Å². The van der Waals surface area contributed by atoms with Crippen LogP contribution in [-0.4, -0.2) is 37.0 Å². The number of benzene rings is 1. The highest BCUT2D eigenvalue weighted by atomic mass is 16.1. The number of carbonyl (C=O) groups excluding carboxylic acids is 1. The third-order valence-corrected chi connectivity index (χ3v) is 4.61. The Kier molecular flexibility index (Phi) is 7.29. The molecular weight excluding hydrogens is 296 g/mol. The van der Waals surface area contributed by atoms with E-state index >= 15 is 0 Å². The molecule has 1 aromatic carbocycles. The molecule has 0 bridgehead atoms. The molecule has 1 amide bonds. The lowest BCUT2D eigenvalue weighted by Gasteiger charge is -2.18. The van der Waals surface area contributed by atoms with E-state index in [0.29, 0.717) is 18.3 Å². The number of hydrogen-bond acceptors (Lipinski definition) is 2. The number of nitrogens with zero attached hydrogens (tertiary/aromatic N) is 1. The summed E-state index contributed by atoms with van der Waals surface area (Å²) in [5.74, 6) is 2.15. The van der Waals surface area contributed by atoms with E-state index in [-0.39, 0.29) is 5.91 Å². The number of carbonyl (C=O) groups is 1. The van der Waals surface area contributed by atoms with Crippen LogP contribution in [-0.2, 0) is 17.6 Å². The van der Waals surface area contributed by atoms with Crippen LogP contribution in [0.5, 0.6) is 0 Å². The molecule has 2 rings (SSSR count). The SMILES string of the molecule is CC(C)Cc1ccc(CC(=O)NC[C@@H]2CCN(CC(C)C)C2)cc1. The van der Waals surface area contributed by atoms with Crippen LogP contribution in [0.15, 0.2) is 24.3 Å². The molecule has 134 valence electrons. The molecule has 0 radical (unpaired) electrons. The van der Waals surface area contributed by atoms with Crippen molar-refractivity contribution in [2.24, 2.45) is 17.8 Å². The standard InChI is InChI=1S/C21H34N2O/c1-16(2)11-18-5-7-19(8-6-18)12-21(24)22-13-20-9-10-23(15-20)14-17(3)4/h5-8,16-17,20H,9-15H2,1-4H3,(H,22,24)/t20-/m0/s1. The molecule has 1 N–H and O–H groups in total. The van der Waals surface area contributed by atoms with Crippen molar-refractivity contribution in [1.82, 2.24) is 10.2 Å². The van der Waals surface area contributed by atoms with E-state index in [2.05, 4.69) is 62.2 Å². The van der Waals surface area contributed by atoms with Gasteiger partial charge in [0.2, 0.25) is 5.91 Å². The zero-order valence-electron chi connectivity index (χ0n) is 15.8. The van der Waals surface area contributed by atoms with E-state index in [4.69, 9.17) is 0 Å². The second kappa shape index (κ2) is 9.22. The van der Waals surface area contributed by atoms with Gasteiger partial charge in [0.15, 0.2) is 0 Å². The molecule has 1 heterocycles. The number of amides is 1. The summed E-state index contributed by atoms with van der Waals surface area (Å²) in [4.78, 5) is 14.7. The molecule has 3 heteroatoms. The first-order valence-electron chi connectivity index (χ1n) is 9.49. The first kappa shape index (κ1) is 19.0. The van der Waals surface area contributed by atoms with Gasteiger partial charge in [0.1, 0.15) is 0 Å². The van der Waals surface area contributed by atoms with Crippen molar-refractivity contribution in [1.29, 1.82) is 0 Å². The Balaban J connectivity index is 1.70. The zero-order valence-corrected chi connectivity index (χ0v) is 15.8. The Labute approximate surface area is 147 Å². The summed E-state index contributed by atoms with van der Waals surface area (Å²) in [6.07, 6.45) is 2.79. The van der Waals surface area contributed by atoms with Crippen molar-refractivity contribution in [2.45, 2.75) is 47.0 Å². The zero-order chi connectivity index (χ0) is 17.5. The maximum atomic E-state index is 12.2. The predicted octanol–water partition coefficient (Wildman–Crippen LogP) is 3.52. The topological polar surface area (TPSA) is 32.3 Å². The minimum absolute atomic E-state index is 0.147. The van der Waals surface area contributed by atoms with Crippen molar-refractivity contribution in [3.8, 4) is 0 Å². The summed E-state index contributed by atoms with van der Waals surface area (Å²) in [6, 6.07) is 8.50. The van der Waals surface area contributed by atoms with Gasteiger partial charge in [-0.1, -0.05) is 52.0 Å². The summed E-state index contributed by atoms with van der Waals surface area (Å²) in [5.41, 5.74) is 2.46. The Morgan fingerprint density at radius 2 is 1.79 bits per heavy atom. The molecule has 0 unspecified atom stereocenters. The lowest BCUT2D eigenvalue weighted by Crippen LogP contribution is -2.32. The Morgan fingerprint density at radius 3 is 2.42 bits per heavy atom. The Morgan fingerprint density at radius 1 is 1.12 bits per heavy atom. The van der Waals surface area contributed by atoms with E-state index in [1.165, 1.54) is 25.1 Å². The maximum Gasteiger partial charge on any atom is 0.224 e. The van der Waals surface area contributed by atoms with Crippen LogP contribution in [0.25, 0.3) is 0 Å². The van der Waals surface area contributed by atoms with Gasteiger partial charge in [-0.3, -0.25) is 4.79 Å².